The molecule has 3 heterocycles. The molecule has 0 spiro atoms. The van der Waals surface area contributed by atoms with Crippen molar-refractivity contribution in [1.29, 1.82) is 0 Å². The number of carbonyl (C=O) groups excluding carboxylic acids is 1. The number of carbonyl (C=O) groups is 1. The number of aromatic nitrogens is 2. The number of pyridine rings is 1. The number of aryl methyl sites for hydroxylation is 2. The summed E-state index contributed by atoms with van der Waals surface area (Å²) in [7, 11) is 0. The SMILES string of the molecule is C=CCCc1cn(-c2cc(F)cc(C(=O)N3CCOCC3)c2)c2cc(C)[nH]c2c1=O. The summed E-state index contributed by atoms with van der Waals surface area (Å²) in [5, 5.41) is 0. The lowest BCUT2D eigenvalue weighted by atomic mass is 10.1. The van der Waals surface area contributed by atoms with Crippen LogP contribution < -0.4 is 5.43 Å². The van der Waals surface area contributed by atoms with E-state index in [1.807, 2.05) is 13.0 Å². The number of nitrogens with zero attached hydrogens (tertiary/aromatic N) is 2. The van der Waals surface area contributed by atoms with Crippen LogP contribution in [-0.2, 0) is 11.2 Å². The van der Waals surface area contributed by atoms with E-state index in [0.29, 0.717) is 61.4 Å². The van der Waals surface area contributed by atoms with Crippen LogP contribution in [0.3, 0.4) is 0 Å². The van der Waals surface area contributed by atoms with E-state index >= 15 is 0 Å². The number of fused-ring (bicyclic) bond motifs is 1. The molecule has 0 radical (unpaired) electrons. The molecule has 7 heteroatoms. The highest BCUT2D eigenvalue weighted by Gasteiger charge is 2.20. The second-order valence-electron chi connectivity index (χ2n) is 7.50. The van der Waals surface area contributed by atoms with Crippen molar-refractivity contribution in [2.24, 2.45) is 0 Å². The number of allylic oxidation sites excluding steroid dienone is 1. The first-order valence-corrected chi connectivity index (χ1v) is 10.0. The number of benzene rings is 1. The van der Waals surface area contributed by atoms with E-state index in [9.17, 15) is 14.0 Å². The second kappa shape index (κ2) is 8.28. The van der Waals surface area contributed by atoms with Gasteiger partial charge in [0.2, 0.25) is 5.43 Å². The van der Waals surface area contributed by atoms with Crippen LogP contribution in [0.15, 0.2) is 47.9 Å². The van der Waals surface area contributed by atoms with Crippen LogP contribution >= 0.6 is 0 Å². The summed E-state index contributed by atoms with van der Waals surface area (Å²) in [6.45, 7) is 7.50. The zero-order chi connectivity index (χ0) is 21.3. The van der Waals surface area contributed by atoms with Crippen molar-refractivity contribution < 1.29 is 13.9 Å². The molecule has 6 nitrogen and oxygen atoms in total. The topological polar surface area (TPSA) is 67.3 Å². The molecular formula is C23H24FN3O3. The van der Waals surface area contributed by atoms with Gasteiger partial charge in [-0.1, -0.05) is 6.08 Å². The molecule has 1 N–H and O–H groups in total. The van der Waals surface area contributed by atoms with E-state index in [-0.39, 0.29) is 16.9 Å². The van der Waals surface area contributed by atoms with Crippen LogP contribution in [0, 0.1) is 12.7 Å². The third kappa shape index (κ3) is 3.80. The number of aromatic amines is 1. The summed E-state index contributed by atoms with van der Waals surface area (Å²) in [5.74, 6) is -0.732. The quantitative estimate of drug-likeness (QED) is 0.657. The van der Waals surface area contributed by atoms with E-state index in [1.165, 1.54) is 12.1 Å². The Balaban J connectivity index is 1.84. The average Bonchev–Trinajstić information content (AvgIpc) is 3.15. The molecule has 0 aliphatic carbocycles. The number of hydrogen-bond acceptors (Lipinski definition) is 3. The van der Waals surface area contributed by atoms with Crippen molar-refractivity contribution in [3.63, 3.8) is 0 Å². The Bertz CT molecular complexity index is 1170. The number of halogens is 1. The first-order valence-electron chi connectivity index (χ1n) is 10.0. The van der Waals surface area contributed by atoms with Gasteiger partial charge < -0.3 is 19.2 Å². The lowest BCUT2D eigenvalue weighted by Crippen LogP contribution is -2.40. The summed E-state index contributed by atoms with van der Waals surface area (Å²) in [6.07, 6.45) is 4.68. The van der Waals surface area contributed by atoms with Gasteiger partial charge in [0, 0.05) is 41.8 Å². The maximum atomic E-state index is 14.5. The molecule has 0 unspecified atom stereocenters. The minimum Gasteiger partial charge on any atom is -0.378 e. The molecule has 1 aliphatic heterocycles. The Labute approximate surface area is 173 Å². The summed E-state index contributed by atoms with van der Waals surface area (Å²) in [5.41, 5.74) is 3.26. The fourth-order valence-electron chi connectivity index (χ4n) is 3.82. The van der Waals surface area contributed by atoms with Crippen molar-refractivity contribution in [3.8, 4) is 5.69 Å². The molecule has 30 heavy (non-hydrogen) atoms. The van der Waals surface area contributed by atoms with E-state index in [4.69, 9.17) is 4.74 Å². The molecule has 1 fully saturated rings. The number of morpholine rings is 1. The number of ether oxygens (including phenoxy) is 1. The lowest BCUT2D eigenvalue weighted by Gasteiger charge is -2.27. The number of amides is 1. The molecule has 0 saturated carbocycles. The molecule has 0 bridgehead atoms. The van der Waals surface area contributed by atoms with Gasteiger partial charge in [0.25, 0.3) is 5.91 Å². The highest BCUT2D eigenvalue weighted by molar-refractivity contribution is 5.95. The average molecular weight is 409 g/mol. The Morgan fingerprint density at radius 1 is 1.27 bits per heavy atom. The van der Waals surface area contributed by atoms with Gasteiger partial charge in [0.05, 0.1) is 18.7 Å². The van der Waals surface area contributed by atoms with Gasteiger partial charge >= 0.3 is 0 Å². The van der Waals surface area contributed by atoms with Gasteiger partial charge in [-0.15, -0.1) is 6.58 Å². The number of nitrogens with one attached hydrogen (secondary N) is 1. The standard InChI is InChI=1S/C23H24FN3O3/c1-3-4-5-16-14-27(20-10-15(2)25-21(20)22(16)28)19-12-17(11-18(24)13-19)23(29)26-6-8-30-9-7-26/h3,10-14,25H,1,4-9H2,2H3. The summed E-state index contributed by atoms with van der Waals surface area (Å²) in [4.78, 5) is 30.5. The molecule has 1 aliphatic rings. The third-order valence-corrected chi connectivity index (χ3v) is 5.32. The van der Waals surface area contributed by atoms with Crippen LogP contribution in [0.5, 0.6) is 0 Å². The maximum absolute atomic E-state index is 14.5. The fraction of sp³-hybridized carbons (Fsp3) is 0.304. The summed E-state index contributed by atoms with van der Waals surface area (Å²) < 4.78 is 21.6. The Morgan fingerprint density at radius 3 is 2.77 bits per heavy atom. The fourth-order valence-corrected chi connectivity index (χ4v) is 3.82. The van der Waals surface area contributed by atoms with Crippen LogP contribution in [0.4, 0.5) is 4.39 Å². The monoisotopic (exact) mass is 409 g/mol. The highest BCUT2D eigenvalue weighted by Crippen LogP contribution is 2.22. The van der Waals surface area contributed by atoms with E-state index < -0.39 is 5.82 Å². The Morgan fingerprint density at radius 2 is 2.03 bits per heavy atom. The predicted octanol–water partition coefficient (Wildman–Crippen LogP) is 3.36. The molecular weight excluding hydrogens is 385 g/mol. The largest absolute Gasteiger partial charge is 0.378 e. The molecule has 1 aromatic carbocycles. The second-order valence-corrected chi connectivity index (χ2v) is 7.50. The lowest BCUT2D eigenvalue weighted by molar-refractivity contribution is 0.0302. The van der Waals surface area contributed by atoms with E-state index in [2.05, 4.69) is 11.6 Å². The van der Waals surface area contributed by atoms with Crippen molar-refractivity contribution >= 4 is 16.9 Å². The molecule has 2 aromatic heterocycles. The maximum Gasteiger partial charge on any atom is 0.254 e. The highest BCUT2D eigenvalue weighted by atomic mass is 19.1. The van der Waals surface area contributed by atoms with Gasteiger partial charge in [-0.2, -0.15) is 0 Å². The zero-order valence-corrected chi connectivity index (χ0v) is 16.9. The van der Waals surface area contributed by atoms with Crippen LogP contribution in [-0.4, -0.2) is 46.7 Å². The van der Waals surface area contributed by atoms with Crippen LogP contribution in [0.25, 0.3) is 16.7 Å². The Hall–Kier alpha value is -3.19. The summed E-state index contributed by atoms with van der Waals surface area (Å²) in [6, 6.07) is 6.15. The molecule has 3 aromatic rings. The number of H-pyrrole nitrogens is 1. The number of rotatable bonds is 5. The zero-order valence-electron chi connectivity index (χ0n) is 16.9. The molecule has 4 rings (SSSR count). The molecule has 156 valence electrons. The first-order chi connectivity index (χ1) is 14.5. The molecule has 1 saturated heterocycles. The summed E-state index contributed by atoms with van der Waals surface area (Å²) >= 11 is 0. The minimum absolute atomic E-state index is 0.0720. The van der Waals surface area contributed by atoms with E-state index in [1.54, 1.807) is 27.8 Å². The smallest absolute Gasteiger partial charge is 0.254 e. The van der Waals surface area contributed by atoms with Crippen molar-refractivity contribution in [2.75, 3.05) is 26.3 Å². The molecule has 0 atom stereocenters. The van der Waals surface area contributed by atoms with Crippen molar-refractivity contribution in [2.45, 2.75) is 19.8 Å². The molecule has 1 amide bonds. The van der Waals surface area contributed by atoms with Crippen LogP contribution in [0.2, 0.25) is 0 Å². The van der Waals surface area contributed by atoms with E-state index in [0.717, 1.165) is 5.69 Å². The van der Waals surface area contributed by atoms with Crippen LogP contribution in [0.1, 0.15) is 28.0 Å². The van der Waals surface area contributed by atoms with Gasteiger partial charge in [0.1, 0.15) is 11.3 Å². The van der Waals surface area contributed by atoms with Gasteiger partial charge in [-0.05, 0) is 44.0 Å². The van der Waals surface area contributed by atoms with Gasteiger partial charge in [-0.3, -0.25) is 9.59 Å². The first kappa shape index (κ1) is 20.1. The minimum atomic E-state index is -0.504. The van der Waals surface area contributed by atoms with Crippen molar-refractivity contribution in [3.05, 3.63) is 76.0 Å². The van der Waals surface area contributed by atoms with Crippen molar-refractivity contribution in [1.82, 2.24) is 14.5 Å². The van der Waals surface area contributed by atoms with Gasteiger partial charge in [-0.25, -0.2) is 4.39 Å². The predicted molar refractivity (Wildman–Crippen MR) is 114 cm³/mol. The normalized spacial score (nSPS) is 14.3. The van der Waals surface area contributed by atoms with Gasteiger partial charge in [0.15, 0.2) is 0 Å². The number of hydrogen-bond donors (Lipinski definition) is 1. The Kier molecular flexibility index (Phi) is 5.55. The third-order valence-electron chi connectivity index (χ3n) is 5.32.